The molecule has 0 aliphatic carbocycles. The standard InChI is InChI=1S/C14H20ClNS/c1-16-9-6-12(7-10-16)13(4-2-8-15)14-5-3-11-17-14/h3,5,11H,2,4,6-10H2,1H3. The zero-order valence-electron chi connectivity index (χ0n) is 10.4. The quantitative estimate of drug-likeness (QED) is 0.739. The van der Waals surface area contributed by atoms with Crippen molar-refractivity contribution < 1.29 is 0 Å². The molecule has 17 heavy (non-hydrogen) atoms. The van der Waals surface area contributed by atoms with E-state index < -0.39 is 0 Å². The largest absolute Gasteiger partial charge is 0.306 e. The van der Waals surface area contributed by atoms with Crippen LogP contribution < -0.4 is 0 Å². The zero-order valence-corrected chi connectivity index (χ0v) is 12.0. The molecule has 1 nitrogen and oxygen atoms in total. The van der Waals surface area contributed by atoms with Crippen LogP contribution in [0.15, 0.2) is 23.1 Å². The summed E-state index contributed by atoms with van der Waals surface area (Å²) < 4.78 is 0. The first-order valence-corrected chi connectivity index (χ1v) is 7.72. The number of likely N-dealkylation sites (tertiary alicyclic amines) is 1. The van der Waals surface area contributed by atoms with E-state index in [1.54, 1.807) is 11.1 Å². The van der Waals surface area contributed by atoms with Crippen LogP contribution in [0.25, 0.3) is 5.57 Å². The Kier molecular flexibility index (Phi) is 5.08. The van der Waals surface area contributed by atoms with Gasteiger partial charge in [0.05, 0.1) is 0 Å². The Balaban J connectivity index is 2.17. The van der Waals surface area contributed by atoms with Gasteiger partial charge in [0, 0.05) is 23.8 Å². The van der Waals surface area contributed by atoms with Crippen LogP contribution in [0.3, 0.4) is 0 Å². The second kappa shape index (κ2) is 6.58. The Morgan fingerprint density at radius 1 is 1.41 bits per heavy atom. The third-order valence-corrected chi connectivity index (χ3v) is 4.59. The molecule has 0 spiro atoms. The van der Waals surface area contributed by atoms with Gasteiger partial charge in [0.25, 0.3) is 0 Å². The normalized spacial score (nSPS) is 17.4. The van der Waals surface area contributed by atoms with Gasteiger partial charge < -0.3 is 4.90 Å². The smallest absolute Gasteiger partial charge is 0.0301 e. The average Bonchev–Trinajstić information content (AvgIpc) is 2.85. The fourth-order valence-corrected chi connectivity index (χ4v) is 3.34. The van der Waals surface area contributed by atoms with E-state index in [1.165, 1.54) is 30.8 Å². The Hall–Kier alpha value is -0.310. The van der Waals surface area contributed by atoms with Crippen molar-refractivity contribution in [2.45, 2.75) is 25.7 Å². The van der Waals surface area contributed by atoms with Gasteiger partial charge in [-0.2, -0.15) is 0 Å². The van der Waals surface area contributed by atoms with Crippen molar-refractivity contribution in [3.8, 4) is 0 Å². The van der Waals surface area contributed by atoms with Gasteiger partial charge >= 0.3 is 0 Å². The SMILES string of the molecule is CN1CCC(=C(CCCCl)c2cccs2)CC1. The summed E-state index contributed by atoms with van der Waals surface area (Å²) in [7, 11) is 2.21. The van der Waals surface area contributed by atoms with E-state index in [-0.39, 0.29) is 0 Å². The van der Waals surface area contributed by atoms with Gasteiger partial charge in [-0.1, -0.05) is 11.6 Å². The molecule has 1 aliphatic rings. The molecule has 0 bridgehead atoms. The number of piperidine rings is 1. The minimum absolute atomic E-state index is 0.766. The predicted molar refractivity (Wildman–Crippen MR) is 77.9 cm³/mol. The van der Waals surface area contributed by atoms with Crippen molar-refractivity contribution in [3.63, 3.8) is 0 Å². The van der Waals surface area contributed by atoms with E-state index >= 15 is 0 Å². The molecule has 0 amide bonds. The molecule has 1 saturated heterocycles. The summed E-state index contributed by atoms with van der Waals surface area (Å²) in [6.45, 7) is 2.40. The summed E-state index contributed by atoms with van der Waals surface area (Å²) in [5.74, 6) is 0.766. The van der Waals surface area contributed by atoms with Crippen molar-refractivity contribution in [2.24, 2.45) is 0 Å². The molecular weight excluding hydrogens is 250 g/mol. The van der Waals surface area contributed by atoms with Crippen molar-refractivity contribution in [1.29, 1.82) is 0 Å². The van der Waals surface area contributed by atoms with E-state index in [0.29, 0.717) is 0 Å². The molecular formula is C14H20ClNS. The molecule has 0 atom stereocenters. The summed E-state index contributed by atoms with van der Waals surface area (Å²) in [6.07, 6.45) is 4.69. The number of hydrogen-bond donors (Lipinski definition) is 0. The summed E-state index contributed by atoms with van der Waals surface area (Å²) in [4.78, 5) is 3.87. The first-order chi connectivity index (χ1) is 8.31. The zero-order chi connectivity index (χ0) is 12.1. The van der Waals surface area contributed by atoms with Crippen LogP contribution in [-0.2, 0) is 0 Å². The number of rotatable bonds is 4. The van der Waals surface area contributed by atoms with Gasteiger partial charge in [0.1, 0.15) is 0 Å². The van der Waals surface area contributed by atoms with Gasteiger partial charge in [0.2, 0.25) is 0 Å². The van der Waals surface area contributed by atoms with Crippen molar-refractivity contribution >= 4 is 28.5 Å². The molecule has 1 aromatic heterocycles. The van der Waals surface area contributed by atoms with Crippen molar-refractivity contribution in [3.05, 3.63) is 28.0 Å². The fourth-order valence-electron chi connectivity index (χ4n) is 2.36. The van der Waals surface area contributed by atoms with Crippen LogP contribution in [0.2, 0.25) is 0 Å². The second-order valence-electron chi connectivity index (χ2n) is 4.66. The van der Waals surface area contributed by atoms with Crippen LogP contribution >= 0.6 is 22.9 Å². The maximum atomic E-state index is 5.84. The van der Waals surface area contributed by atoms with Crippen LogP contribution in [0.1, 0.15) is 30.6 Å². The minimum Gasteiger partial charge on any atom is -0.306 e. The number of halogens is 1. The molecule has 0 saturated carbocycles. The third-order valence-electron chi connectivity index (χ3n) is 3.40. The number of allylic oxidation sites excluding steroid dienone is 1. The number of nitrogens with zero attached hydrogens (tertiary/aromatic N) is 1. The molecule has 1 aliphatic heterocycles. The van der Waals surface area contributed by atoms with Crippen molar-refractivity contribution in [2.75, 3.05) is 26.0 Å². The molecule has 0 radical (unpaired) electrons. The minimum atomic E-state index is 0.766. The lowest BCUT2D eigenvalue weighted by Gasteiger charge is -2.26. The molecule has 94 valence electrons. The summed E-state index contributed by atoms with van der Waals surface area (Å²) in [6, 6.07) is 4.40. The van der Waals surface area contributed by atoms with E-state index in [0.717, 1.165) is 18.7 Å². The number of thiophene rings is 1. The Labute approximate surface area is 113 Å². The van der Waals surface area contributed by atoms with E-state index in [4.69, 9.17) is 11.6 Å². The van der Waals surface area contributed by atoms with E-state index in [9.17, 15) is 0 Å². The molecule has 1 fully saturated rings. The monoisotopic (exact) mass is 269 g/mol. The average molecular weight is 270 g/mol. The van der Waals surface area contributed by atoms with Gasteiger partial charge in [-0.25, -0.2) is 0 Å². The molecule has 1 aromatic rings. The highest BCUT2D eigenvalue weighted by Crippen LogP contribution is 2.32. The van der Waals surface area contributed by atoms with Gasteiger partial charge in [-0.05, 0) is 49.8 Å². The van der Waals surface area contributed by atoms with Crippen LogP contribution in [-0.4, -0.2) is 30.9 Å². The van der Waals surface area contributed by atoms with Gasteiger partial charge in [-0.15, -0.1) is 22.9 Å². The third kappa shape index (κ3) is 3.57. The molecule has 0 unspecified atom stereocenters. The lowest BCUT2D eigenvalue weighted by atomic mass is 9.94. The first kappa shape index (κ1) is 13.1. The highest BCUT2D eigenvalue weighted by atomic mass is 35.5. The van der Waals surface area contributed by atoms with Crippen LogP contribution in [0, 0.1) is 0 Å². The molecule has 0 N–H and O–H groups in total. The summed E-state index contributed by atoms with van der Waals surface area (Å²) in [5.41, 5.74) is 3.24. The molecule has 2 heterocycles. The van der Waals surface area contributed by atoms with Crippen molar-refractivity contribution in [1.82, 2.24) is 4.90 Å². The maximum absolute atomic E-state index is 5.84. The Morgan fingerprint density at radius 3 is 2.76 bits per heavy atom. The number of hydrogen-bond acceptors (Lipinski definition) is 2. The topological polar surface area (TPSA) is 3.24 Å². The Bertz CT molecular complexity index is 360. The molecule has 0 aromatic carbocycles. The molecule has 2 rings (SSSR count). The van der Waals surface area contributed by atoms with Gasteiger partial charge in [0.15, 0.2) is 0 Å². The molecule has 3 heteroatoms. The summed E-state index contributed by atoms with van der Waals surface area (Å²) in [5, 5.41) is 2.17. The first-order valence-electron chi connectivity index (χ1n) is 6.30. The highest BCUT2D eigenvalue weighted by molar-refractivity contribution is 7.11. The fraction of sp³-hybridized carbons (Fsp3) is 0.571. The van der Waals surface area contributed by atoms with E-state index in [1.807, 2.05) is 11.3 Å². The Morgan fingerprint density at radius 2 is 2.18 bits per heavy atom. The second-order valence-corrected chi connectivity index (χ2v) is 5.98. The van der Waals surface area contributed by atoms with E-state index in [2.05, 4.69) is 29.5 Å². The lowest BCUT2D eigenvalue weighted by Crippen LogP contribution is -2.26. The van der Waals surface area contributed by atoms with Crippen LogP contribution in [0.5, 0.6) is 0 Å². The lowest BCUT2D eigenvalue weighted by molar-refractivity contribution is 0.313. The van der Waals surface area contributed by atoms with Crippen LogP contribution in [0.4, 0.5) is 0 Å². The maximum Gasteiger partial charge on any atom is 0.0301 e. The summed E-state index contributed by atoms with van der Waals surface area (Å²) >= 11 is 7.70. The number of alkyl halides is 1. The highest BCUT2D eigenvalue weighted by Gasteiger charge is 2.15. The predicted octanol–water partition coefficient (Wildman–Crippen LogP) is 4.25. The van der Waals surface area contributed by atoms with Gasteiger partial charge in [-0.3, -0.25) is 0 Å².